The van der Waals surface area contributed by atoms with E-state index in [0.29, 0.717) is 5.92 Å². The zero-order chi connectivity index (χ0) is 17.2. The van der Waals surface area contributed by atoms with Gasteiger partial charge in [-0.05, 0) is 39.5 Å². The van der Waals surface area contributed by atoms with E-state index >= 15 is 0 Å². The Bertz CT molecular complexity index is 446. The van der Waals surface area contributed by atoms with Crippen LogP contribution in [0.15, 0.2) is 0 Å². The zero-order valence-electron chi connectivity index (χ0n) is 14.7. The SMILES string of the molecule is CC1CCCCC1NC(=O)C1CC(O)CN1C(=O)OC(C)(C)C. The number of rotatable bonds is 2. The van der Waals surface area contributed by atoms with Crippen LogP contribution in [0.25, 0.3) is 0 Å². The largest absolute Gasteiger partial charge is 0.444 e. The molecule has 2 amide bonds. The fourth-order valence-corrected chi connectivity index (χ4v) is 3.39. The second-order valence-electron chi connectivity index (χ2n) is 7.91. The molecule has 2 rings (SSSR count). The highest BCUT2D eigenvalue weighted by atomic mass is 16.6. The van der Waals surface area contributed by atoms with Crippen LogP contribution in [0.2, 0.25) is 0 Å². The lowest BCUT2D eigenvalue weighted by Gasteiger charge is -2.32. The van der Waals surface area contributed by atoms with E-state index in [1.165, 1.54) is 11.3 Å². The molecule has 132 valence electrons. The van der Waals surface area contributed by atoms with Gasteiger partial charge in [-0.3, -0.25) is 9.69 Å². The van der Waals surface area contributed by atoms with Crippen molar-refractivity contribution >= 4 is 12.0 Å². The molecule has 6 heteroatoms. The van der Waals surface area contributed by atoms with Gasteiger partial charge in [-0.2, -0.15) is 0 Å². The number of carbonyl (C=O) groups excluding carboxylic acids is 2. The zero-order valence-corrected chi connectivity index (χ0v) is 14.7. The number of carbonyl (C=O) groups is 2. The Balaban J connectivity index is 2.00. The van der Waals surface area contributed by atoms with Crippen molar-refractivity contribution in [1.82, 2.24) is 10.2 Å². The molecule has 4 unspecified atom stereocenters. The fourth-order valence-electron chi connectivity index (χ4n) is 3.39. The van der Waals surface area contributed by atoms with Crippen LogP contribution in [0.5, 0.6) is 0 Å². The van der Waals surface area contributed by atoms with E-state index in [0.717, 1.165) is 19.3 Å². The van der Waals surface area contributed by atoms with Gasteiger partial charge in [0.25, 0.3) is 0 Å². The minimum Gasteiger partial charge on any atom is -0.444 e. The number of aliphatic hydroxyl groups excluding tert-OH is 1. The van der Waals surface area contributed by atoms with Gasteiger partial charge >= 0.3 is 6.09 Å². The molecule has 0 aromatic heterocycles. The third-order valence-corrected chi connectivity index (χ3v) is 4.65. The second kappa shape index (κ2) is 7.07. The van der Waals surface area contributed by atoms with E-state index in [-0.39, 0.29) is 24.9 Å². The summed E-state index contributed by atoms with van der Waals surface area (Å²) in [5.74, 6) is 0.278. The number of nitrogens with zero attached hydrogens (tertiary/aromatic N) is 1. The topological polar surface area (TPSA) is 78.9 Å². The molecule has 0 radical (unpaired) electrons. The van der Waals surface area contributed by atoms with Crippen LogP contribution in [0.3, 0.4) is 0 Å². The Morgan fingerprint density at radius 1 is 1.22 bits per heavy atom. The molecular weight excluding hydrogens is 296 g/mol. The first-order valence-electron chi connectivity index (χ1n) is 8.65. The third-order valence-electron chi connectivity index (χ3n) is 4.65. The van der Waals surface area contributed by atoms with Crippen LogP contribution >= 0.6 is 0 Å². The molecule has 2 aliphatic rings. The molecule has 0 bridgehead atoms. The van der Waals surface area contributed by atoms with Crippen LogP contribution in [-0.4, -0.2) is 52.3 Å². The Morgan fingerprint density at radius 3 is 2.48 bits per heavy atom. The Kier molecular flexibility index (Phi) is 5.55. The average Bonchev–Trinajstić information content (AvgIpc) is 2.82. The van der Waals surface area contributed by atoms with E-state index in [1.807, 2.05) is 0 Å². The first-order chi connectivity index (χ1) is 10.7. The molecule has 1 saturated heterocycles. The minimum absolute atomic E-state index is 0.146. The second-order valence-corrected chi connectivity index (χ2v) is 7.91. The van der Waals surface area contributed by atoms with Crippen LogP contribution in [0, 0.1) is 5.92 Å². The van der Waals surface area contributed by atoms with E-state index in [1.54, 1.807) is 20.8 Å². The number of hydrogen-bond acceptors (Lipinski definition) is 4. The third kappa shape index (κ3) is 4.83. The number of amides is 2. The molecule has 1 aliphatic carbocycles. The lowest BCUT2D eigenvalue weighted by molar-refractivity contribution is -0.126. The van der Waals surface area contributed by atoms with Crippen molar-refractivity contribution in [1.29, 1.82) is 0 Å². The Hall–Kier alpha value is -1.30. The lowest BCUT2D eigenvalue weighted by Crippen LogP contribution is -2.51. The summed E-state index contributed by atoms with van der Waals surface area (Å²) in [7, 11) is 0. The van der Waals surface area contributed by atoms with E-state index in [4.69, 9.17) is 4.74 Å². The van der Waals surface area contributed by atoms with Gasteiger partial charge in [0.05, 0.1) is 12.6 Å². The average molecular weight is 326 g/mol. The summed E-state index contributed by atoms with van der Waals surface area (Å²) >= 11 is 0. The maximum Gasteiger partial charge on any atom is 0.411 e. The van der Waals surface area contributed by atoms with Crippen molar-refractivity contribution in [3.05, 3.63) is 0 Å². The molecule has 2 N–H and O–H groups in total. The summed E-state index contributed by atoms with van der Waals surface area (Å²) in [5, 5.41) is 13.0. The molecule has 0 aromatic carbocycles. The predicted octanol–water partition coefficient (Wildman–Crippen LogP) is 2.05. The maximum absolute atomic E-state index is 12.6. The van der Waals surface area contributed by atoms with Gasteiger partial charge in [0, 0.05) is 12.5 Å². The van der Waals surface area contributed by atoms with Crippen molar-refractivity contribution in [2.24, 2.45) is 5.92 Å². The maximum atomic E-state index is 12.6. The predicted molar refractivity (Wildman–Crippen MR) is 86.9 cm³/mol. The molecule has 4 atom stereocenters. The summed E-state index contributed by atoms with van der Waals surface area (Å²) in [6, 6.07) is -0.483. The van der Waals surface area contributed by atoms with Crippen molar-refractivity contribution in [2.75, 3.05) is 6.54 Å². The quantitative estimate of drug-likeness (QED) is 0.814. The standard InChI is InChI=1S/C17H30N2O4/c1-11-7-5-6-8-13(11)18-15(21)14-9-12(20)10-19(14)16(22)23-17(2,3)4/h11-14,20H,5-10H2,1-4H3,(H,18,21). The van der Waals surface area contributed by atoms with Crippen molar-refractivity contribution in [3.63, 3.8) is 0 Å². The van der Waals surface area contributed by atoms with E-state index < -0.39 is 23.8 Å². The highest BCUT2D eigenvalue weighted by molar-refractivity contribution is 5.86. The molecule has 1 aliphatic heterocycles. The number of β-amino-alcohol motifs (C(OH)–C–C–N with tert-alkyl or cyclic N) is 1. The highest BCUT2D eigenvalue weighted by Gasteiger charge is 2.41. The summed E-state index contributed by atoms with van der Waals surface area (Å²) in [5.41, 5.74) is -0.621. The smallest absolute Gasteiger partial charge is 0.411 e. The minimum atomic E-state index is -0.679. The number of nitrogens with one attached hydrogen (secondary N) is 1. The molecular formula is C17H30N2O4. The van der Waals surface area contributed by atoms with Gasteiger partial charge in [-0.25, -0.2) is 4.79 Å². The van der Waals surface area contributed by atoms with Gasteiger partial charge in [0.1, 0.15) is 11.6 Å². The highest BCUT2D eigenvalue weighted by Crippen LogP contribution is 2.26. The number of likely N-dealkylation sites (tertiary alicyclic amines) is 1. The Morgan fingerprint density at radius 2 is 1.87 bits per heavy atom. The number of ether oxygens (including phenoxy) is 1. The summed E-state index contributed by atoms with van der Waals surface area (Å²) in [6.45, 7) is 7.66. The van der Waals surface area contributed by atoms with E-state index in [2.05, 4.69) is 12.2 Å². The monoisotopic (exact) mass is 326 g/mol. The fraction of sp³-hybridized carbons (Fsp3) is 0.882. The summed E-state index contributed by atoms with van der Waals surface area (Å²) in [4.78, 5) is 26.3. The van der Waals surface area contributed by atoms with E-state index in [9.17, 15) is 14.7 Å². The number of aliphatic hydroxyl groups is 1. The van der Waals surface area contributed by atoms with Crippen molar-refractivity contribution in [3.8, 4) is 0 Å². The summed E-state index contributed by atoms with van der Waals surface area (Å²) < 4.78 is 5.36. The molecule has 0 aromatic rings. The van der Waals surface area contributed by atoms with Crippen LogP contribution in [0.1, 0.15) is 59.8 Å². The van der Waals surface area contributed by atoms with Gasteiger partial charge in [-0.15, -0.1) is 0 Å². The first kappa shape index (κ1) is 18.0. The van der Waals surface area contributed by atoms with Crippen molar-refractivity contribution in [2.45, 2.75) is 83.6 Å². The van der Waals surface area contributed by atoms with Crippen molar-refractivity contribution < 1.29 is 19.4 Å². The first-order valence-corrected chi connectivity index (χ1v) is 8.65. The van der Waals surface area contributed by atoms with Crippen LogP contribution in [-0.2, 0) is 9.53 Å². The van der Waals surface area contributed by atoms with Gasteiger partial charge < -0.3 is 15.2 Å². The molecule has 6 nitrogen and oxygen atoms in total. The lowest BCUT2D eigenvalue weighted by atomic mass is 9.86. The molecule has 0 spiro atoms. The Labute approximate surface area is 138 Å². The summed E-state index contributed by atoms with van der Waals surface area (Å²) in [6.07, 6.45) is 3.49. The molecule has 23 heavy (non-hydrogen) atoms. The molecule has 1 heterocycles. The van der Waals surface area contributed by atoms with Gasteiger partial charge in [0.2, 0.25) is 5.91 Å². The van der Waals surface area contributed by atoms with Gasteiger partial charge in [-0.1, -0.05) is 19.8 Å². The van der Waals surface area contributed by atoms with Gasteiger partial charge in [0.15, 0.2) is 0 Å². The van der Waals surface area contributed by atoms with Crippen LogP contribution < -0.4 is 5.32 Å². The normalized spacial score (nSPS) is 31.8. The van der Waals surface area contributed by atoms with Crippen LogP contribution in [0.4, 0.5) is 4.79 Å². The molecule has 2 fully saturated rings. The molecule has 1 saturated carbocycles. The number of hydrogen-bond donors (Lipinski definition) is 2.